The van der Waals surface area contributed by atoms with Crippen molar-refractivity contribution in [3.05, 3.63) is 92.9 Å². The van der Waals surface area contributed by atoms with Crippen molar-refractivity contribution in [3.63, 3.8) is 0 Å². The molecular formula is C19H13N5O2. The summed E-state index contributed by atoms with van der Waals surface area (Å²) in [6.07, 6.45) is 0. The number of amides is 2. The van der Waals surface area contributed by atoms with Gasteiger partial charge in [-0.1, -0.05) is 59.7 Å². The van der Waals surface area contributed by atoms with Crippen LogP contribution < -0.4 is 10.6 Å². The highest BCUT2D eigenvalue weighted by molar-refractivity contribution is 6.30. The van der Waals surface area contributed by atoms with Crippen molar-refractivity contribution in [3.8, 4) is 0 Å². The second-order valence-electron chi connectivity index (χ2n) is 5.86. The largest absolute Gasteiger partial charge is 0.321 e. The van der Waals surface area contributed by atoms with Crippen LogP contribution >= 0.6 is 0 Å². The molecule has 2 aromatic carbocycles. The van der Waals surface area contributed by atoms with E-state index in [2.05, 4.69) is 20.7 Å². The average molecular weight is 343 g/mol. The predicted molar refractivity (Wildman–Crippen MR) is 95.9 cm³/mol. The first kappa shape index (κ1) is 15.7. The maximum absolute atomic E-state index is 12.5. The molecule has 7 nitrogen and oxygen atoms in total. The van der Waals surface area contributed by atoms with Crippen LogP contribution in [0.2, 0.25) is 0 Å². The summed E-state index contributed by atoms with van der Waals surface area (Å²) in [5, 5.41) is 9.13. The van der Waals surface area contributed by atoms with E-state index < -0.39 is 0 Å². The van der Waals surface area contributed by atoms with Crippen LogP contribution in [0.5, 0.6) is 0 Å². The van der Waals surface area contributed by atoms with Gasteiger partial charge >= 0.3 is 0 Å². The van der Waals surface area contributed by atoms with Gasteiger partial charge in [-0.3, -0.25) is 9.59 Å². The van der Waals surface area contributed by atoms with Gasteiger partial charge in [0.15, 0.2) is 0 Å². The van der Waals surface area contributed by atoms with Gasteiger partial charge in [-0.15, -0.1) is 0 Å². The van der Waals surface area contributed by atoms with Crippen LogP contribution in [-0.2, 0) is 16.1 Å². The lowest BCUT2D eigenvalue weighted by Crippen LogP contribution is -2.21. The molecule has 0 atom stereocenters. The lowest BCUT2D eigenvalue weighted by atomic mass is 10.0. The van der Waals surface area contributed by atoms with E-state index in [-0.39, 0.29) is 18.4 Å². The van der Waals surface area contributed by atoms with E-state index in [1.54, 1.807) is 24.3 Å². The molecule has 0 radical (unpaired) electrons. The molecule has 4 rings (SSSR count). The van der Waals surface area contributed by atoms with Gasteiger partial charge in [-0.05, 0) is 22.2 Å². The van der Waals surface area contributed by atoms with Crippen LogP contribution in [0.4, 0.5) is 0 Å². The number of rotatable bonds is 4. The highest BCUT2D eigenvalue weighted by atomic mass is 16.2. The van der Waals surface area contributed by atoms with Crippen LogP contribution in [0.25, 0.3) is 21.8 Å². The van der Waals surface area contributed by atoms with Crippen LogP contribution in [0.15, 0.2) is 70.9 Å². The smallest absolute Gasteiger partial charge is 0.258 e. The number of azide groups is 1. The van der Waals surface area contributed by atoms with E-state index in [4.69, 9.17) is 5.53 Å². The first-order valence-electron chi connectivity index (χ1n) is 7.96. The summed E-state index contributed by atoms with van der Waals surface area (Å²) >= 11 is 0. The number of hydrogen-bond donors (Lipinski definition) is 2. The molecule has 2 amide bonds. The van der Waals surface area contributed by atoms with E-state index in [0.717, 1.165) is 16.7 Å². The second kappa shape index (κ2) is 6.23. The molecule has 2 heterocycles. The SMILES string of the molecule is [N-]=[N+]=NCc1ccc(C2=C3C(=O)NC(c4ccccc4)=C3C(=O)N2)cc1. The lowest BCUT2D eigenvalue weighted by Gasteiger charge is -2.07. The highest BCUT2D eigenvalue weighted by Gasteiger charge is 2.40. The Hall–Kier alpha value is -3.83. The Morgan fingerprint density at radius 1 is 0.808 bits per heavy atom. The summed E-state index contributed by atoms with van der Waals surface area (Å²) < 4.78 is 0. The Bertz CT molecular complexity index is 1030. The molecule has 0 bridgehead atoms. The van der Waals surface area contributed by atoms with Crippen LogP contribution in [0, 0.1) is 0 Å². The predicted octanol–water partition coefficient (Wildman–Crippen LogP) is 2.88. The maximum atomic E-state index is 12.5. The van der Waals surface area contributed by atoms with Crippen LogP contribution in [0.1, 0.15) is 16.7 Å². The standard InChI is InChI=1S/C19H13N5O2/c20-24-21-10-11-6-8-13(9-7-11)17-15-14(18(25)23-17)16(22-19(15)26)12-4-2-1-3-5-12/h1-9H,10H2,(H,22,26)(H,23,25). The van der Waals surface area contributed by atoms with Gasteiger partial charge in [0.2, 0.25) is 0 Å². The minimum atomic E-state index is -0.301. The van der Waals surface area contributed by atoms with Crippen molar-refractivity contribution in [2.75, 3.05) is 0 Å². The number of carbonyl (C=O) groups excluding carboxylic acids is 2. The Morgan fingerprint density at radius 3 is 1.88 bits per heavy atom. The third-order valence-electron chi connectivity index (χ3n) is 4.30. The number of benzene rings is 2. The number of nitrogens with one attached hydrogen (secondary N) is 2. The van der Waals surface area contributed by atoms with Crippen LogP contribution in [0.3, 0.4) is 0 Å². The third-order valence-corrected chi connectivity index (χ3v) is 4.30. The molecule has 0 spiro atoms. The minimum Gasteiger partial charge on any atom is -0.321 e. The Morgan fingerprint density at radius 2 is 1.35 bits per heavy atom. The first-order valence-corrected chi connectivity index (χ1v) is 7.96. The third kappa shape index (κ3) is 2.53. The average Bonchev–Trinajstić information content (AvgIpc) is 3.20. The second-order valence-corrected chi connectivity index (χ2v) is 5.86. The summed E-state index contributed by atoms with van der Waals surface area (Å²) in [6, 6.07) is 16.5. The molecule has 2 aromatic rings. The van der Waals surface area contributed by atoms with Crippen LogP contribution in [-0.4, -0.2) is 11.8 Å². The number of fused-ring (bicyclic) bond motifs is 1. The molecule has 0 unspecified atom stereocenters. The summed E-state index contributed by atoms with van der Waals surface area (Å²) in [6.45, 7) is 0.249. The fourth-order valence-electron chi connectivity index (χ4n) is 3.11. The van der Waals surface area contributed by atoms with Gasteiger partial charge in [0.25, 0.3) is 11.8 Å². The molecule has 2 N–H and O–H groups in total. The van der Waals surface area contributed by atoms with Gasteiger partial charge in [0.1, 0.15) is 0 Å². The van der Waals surface area contributed by atoms with Gasteiger partial charge < -0.3 is 10.6 Å². The van der Waals surface area contributed by atoms with E-state index in [9.17, 15) is 9.59 Å². The lowest BCUT2D eigenvalue weighted by molar-refractivity contribution is -0.117. The van der Waals surface area contributed by atoms with E-state index in [1.807, 2.05) is 30.3 Å². The molecule has 2 aliphatic rings. The van der Waals surface area contributed by atoms with Crippen molar-refractivity contribution in [2.45, 2.75) is 6.54 Å². The van der Waals surface area contributed by atoms with Gasteiger partial charge in [-0.2, -0.15) is 0 Å². The fourth-order valence-corrected chi connectivity index (χ4v) is 3.11. The number of nitrogens with zero attached hydrogens (tertiary/aromatic N) is 3. The number of hydrogen-bond acceptors (Lipinski definition) is 3. The molecule has 0 aliphatic carbocycles. The van der Waals surface area contributed by atoms with E-state index in [0.29, 0.717) is 22.5 Å². The first-order chi connectivity index (χ1) is 12.7. The maximum Gasteiger partial charge on any atom is 0.258 e. The minimum absolute atomic E-state index is 0.249. The zero-order valence-electron chi connectivity index (χ0n) is 13.6. The van der Waals surface area contributed by atoms with Crippen molar-refractivity contribution in [2.24, 2.45) is 5.11 Å². The number of carbonyl (C=O) groups is 2. The normalized spacial score (nSPS) is 15.5. The summed E-state index contributed by atoms with van der Waals surface area (Å²) in [5.74, 6) is -0.601. The van der Waals surface area contributed by atoms with Crippen molar-refractivity contribution < 1.29 is 9.59 Å². The topological polar surface area (TPSA) is 107 Å². The van der Waals surface area contributed by atoms with E-state index in [1.165, 1.54) is 0 Å². The molecule has 2 aliphatic heterocycles. The van der Waals surface area contributed by atoms with Crippen molar-refractivity contribution >= 4 is 23.2 Å². The zero-order chi connectivity index (χ0) is 18.1. The van der Waals surface area contributed by atoms with Crippen molar-refractivity contribution in [1.82, 2.24) is 10.6 Å². The molecule has 0 fully saturated rings. The summed E-state index contributed by atoms with van der Waals surface area (Å²) in [5.41, 5.74) is 12.5. The molecule has 0 aromatic heterocycles. The molecule has 0 saturated heterocycles. The highest BCUT2D eigenvalue weighted by Crippen LogP contribution is 2.37. The van der Waals surface area contributed by atoms with Crippen molar-refractivity contribution in [1.29, 1.82) is 0 Å². The fraction of sp³-hybridized carbons (Fsp3) is 0.0526. The zero-order valence-corrected chi connectivity index (χ0v) is 13.6. The molecule has 26 heavy (non-hydrogen) atoms. The Labute approximate surface area is 148 Å². The molecular weight excluding hydrogens is 330 g/mol. The molecule has 7 heteroatoms. The molecule has 126 valence electrons. The quantitative estimate of drug-likeness (QED) is 0.506. The summed E-state index contributed by atoms with van der Waals surface area (Å²) in [4.78, 5) is 27.8. The van der Waals surface area contributed by atoms with E-state index >= 15 is 0 Å². The summed E-state index contributed by atoms with van der Waals surface area (Å²) in [7, 11) is 0. The monoisotopic (exact) mass is 343 g/mol. The van der Waals surface area contributed by atoms with Gasteiger partial charge in [0.05, 0.1) is 29.1 Å². The Kier molecular flexibility index (Phi) is 3.76. The van der Waals surface area contributed by atoms with Gasteiger partial charge in [-0.25, -0.2) is 0 Å². The molecule has 0 saturated carbocycles. The Balaban J connectivity index is 1.78. The van der Waals surface area contributed by atoms with Gasteiger partial charge in [0, 0.05) is 4.91 Å².